The monoisotopic (exact) mass is 247 g/mol. The number of nitrogens with one attached hydrogen (secondary N) is 1. The SMILES string of the molecule is CCc1nc(CC2CC2)nc(CC)c1CCNC. The fraction of sp³-hybridized carbons (Fsp3) is 0.733. The zero-order chi connectivity index (χ0) is 13.0. The third kappa shape index (κ3) is 3.29. The van der Waals surface area contributed by atoms with Crippen LogP contribution in [0.1, 0.15) is 49.5 Å². The lowest BCUT2D eigenvalue weighted by Crippen LogP contribution is -2.16. The second-order valence-corrected chi connectivity index (χ2v) is 5.22. The van der Waals surface area contributed by atoms with Gasteiger partial charge in [-0.25, -0.2) is 9.97 Å². The quantitative estimate of drug-likeness (QED) is 0.803. The first kappa shape index (κ1) is 13.5. The van der Waals surface area contributed by atoms with E-state index in [0.29, 0.717) is 0 Å². The number of hydrogen-bond acceptors (Lipinski definition) is 3. The topological polar surface area (TPSA) is 37.8 Å². The van der Waals surface area contributed by atoms with Gasteiger partial charge in [0.1, 0.15) is 5.82 Å². The Labute approximate surface area is 110 Å². The van der Waals surface area contributed by atoms with Gasteiger partial charge in [0.05, 0.1) is 0 Å². The van der Waals surface area contributed by atoms with Crippen molar-refractivity contribution >= 4 is 0 Å². The Kier molecular flexibility index (Phi) is 4.70. The van der Waals surface area contributed by atoms with Crippen molar-refractivity contribution in [1.29, 1.82) is 0 Å². The maximum Gasteiger partial charge on any atom is 0.129 e. The van der Waals surface area contributed by atoms with Crippen LogP contribution < -0.4 is 5.32 Å². The Morgan fingerprint density at radius 1 is 1.11 bits per heavy atom. The number of nitrogens with zero attached hydrogens (tertiary/aromatic N) is 2. The van der Waals surface area contributed by atoms with Gasteiger partial charge in [-0.1, -0.05) is 13.8 Å². The van der Waals surface area contributed by atoms with Crippen molar-refractivity contribution in [3.8, 4) is 0 Å². The van der Waals surface area contributed by atoms with Crippen molar-refractivity contribution in [3.05, 3.63) is 22.8 Å². The number of rotatable bonds is 7. The Bertz CT molecular complexity index is 372. The molecule has 0 amide bonds. The highest BCUT2D eigenvalue weighted by atomic mass is 14.9. The summed E-state index contributed by atoms with van der Waals surface area (Å²) in [7, 11) is 2.00. The molecular formula is C15H25N3. The molecule has 0 radical (unpaired) electrons. The molecule has 3 nitrogen and oxygen atoms in total. The van der Waals surface area contributed by atoms with Gasteiger partial charge in [0.2, 0.25) is 0 Å². The van der Waals surface area contributed by atoms with E-state index >= 15 is 0 Å². The molecular weight excluding hydrogens is 222 g/mol. The molecule has 0 spiro atoms. The normalized spacial score (nSPS) is 15.1. The van der Waals surface area contributed by atoms with E-state index in [-0.39, 0.29) is 0 Å². The van der Waals surface area contributed by atoms with E-state index in [1.807, 2.05) is 7.05 Å². The van der Waals surface area contributed by atoms with Crippen LogP contribution in [-0.4, -0.2) is 23.6 Å². The third-order valence-corrected chi connectivity index (χ3v) is 3.69. The molecule has 1 aliphatic carbocycles. The minimum absolute atomic E-state index is 0.863. The molecule has 1 N–H and O–H groups in total. The molecule has 100 valence electrons. The summed E-state index contributed by atoms with van der Waals surface area (Å²) in [4.78, 5) is 9.59. The van der Waals surface area contributed by atoms with Crippen LogP contribution in [0.5, 0.6) is 0 Å². The zero-order valence-electron chi connectivity index (χ0n) is 11.9. The molecule has 2 rings (SSSR count). The number of hydrogen-bond donors (Lipinski definition) is 1. The van der Waals surface area contributed by atoms with Gasteiger partial charge in [-0.15, -0.1) is 0 Å². The molecule has 1 aromatic heterocycles. The molecule has 1 aromatic rings. The van der Waals surface area contributed by atoms with E-state index in [2.05, 4.69) is 19.2 Å². The smallest absolute Gasteiger partial charge is 0.129 e. The molecule has 0 atom stereocenters. The van der Waals surface area contributed by atoms with Gasteiger partial charge in [-0.3, -0.25) is 0 Å². The zero-order valence-corrected chi connectivity index (χ0v) is 11.9. The van der Waals surface area contributed by atoms with Gasteiger partial charge < -0.3 is 5.32 Å². The highest BCUT2D eigenvalue weighted by molar-refractivity contribution is 5.27. The second kappa shape index (κ2) is 6.28. The predicted molar refractivity (Wildman–Crippen MR) is 74.8 cm³/mol. The molecule has 0 saturated heterocycles. The summed E-state index contributed by atoms with van der Waals surface area (Å²) in [5, 5.41) is 3.22. The summed E-state index contributed by atoms with van der Waals surface area (Å²) in [6.45, 7) is 5.41. The first-order valence-electron chi connectivity index (χ1n) is 7.30. The van der Waals surface area contributed by atoms with Crippen molar-refractivity contribution < 1.29 is 0 Å². The van der Waals surface area contributed by atoms with Crippen molar-refractivity contribution in [2.75, 3.05) is 13.6 Å². The summed E-state index contributed by atoms with van der Waals surface area (Å²) in [5.74, 6) is 1.95. The Morgan fingerprint density at radius 2 is 1.72 bits per heavy atom. The molecule has 18 heavy (non-hydrogen) atoms. The molecule has 3 heteroatoms. The van der Waals surface area contributed by atoms with E-state index in [0.717, 1.165) is 44.0 Å². The molecule has 0 aliphatic heterocycles. The standard InChI is InChI=1S/C15H25N3/c1-4-13-12(8-9-16-3)14(5-2)18-15(17-13)10-11-6-7-11/h11,16H,4-10H2,1-3H3. The van der Waals surface area contributed by atoms with Crippen molar-refractivity contribution in [2.45, 2.75) is 52.4 Å². The van der Waals surface area contributed by atoms with Crippen LogP contribution in [0.25, 0.3) is 0 Å². The minimum Gasteiger partial charge on any atom is -0.319 e. The Hall–Kier alpha value is -0.960. The van der Waals surface area contributed by atoms with Crippen LogP contribution in [0, 0.1) is 5.92 Å². The minimum atomic E-state index is 0.863. The van der Waals surface area contributed by atoms with Gasteiger partial charge in [0.15, 0.2) is 0 Å². The van der Waals surface area contributed by atoms with Crippen LogP contribution >= 0.6 is 0 Å². The molecule has 1 saturated carbocycles. The molecule has 0 bridgehead atoms. The summed E-state index contributed by atoms with van der Waals surface area (Å²) in [6.07, 6.45) is 6.92. The second-order valence-electron chi connectivity index (χ2n) is 5.22. The lowest BCUT2D eigenvalue weighted by molar-refractivity contribution is 0.714. The van der Waals surface area contributed by atoms with Gasteiger partial charge in [-0.2, -0.15) is 0 Å². The molecule has 0 unspecified atom stereocenters. The maximum absolute atomic E-state index is 4.79. The summed E-state index contributed by atoms with van der Waals surface area (Å²) < 4.78 is 0. The Morgan fingerprint density at radius 3 is 2.17 bits per heavy atom. The number of likely N-dealkylation sites (N-methyl/N-ethyl adjacent to an activating group) is 1. The van der Waals surface area contributed by atoms with E-state index in [1.54, 1.807) is 0 Å². The first-order valence-corrected chi connectivity index (χ1v) is 7.30. The van der Waals surface area contributed by atoms with Crippen LogP contribution in [0.3, 0.4) is 0 Å². The summed E-state index contributed by atoms with van der Waals surface area (Å²) in [5.41, 5.74) is 3.93. The van der Waals surface area contributed by atoms with E-state index in [4.69, 9.17) is 9.97 Å². The van der Waals surface area contributed by atoms with E-state index in [1.165, 1.54) is 29.8 Å². The van der Waals surface area contributed by atoms with Crippen LogP contribution in [0.15, 0.2) is 0 Å². The van der Waals surface area contributed by atoms with Gasteiger partial charge >= 0.3 is 0 Å². The number of aromatic nitrogens is 2. The fourth-order valence-corrected chi connectivity index (χ4v) is 2.43. The summed E-state index contributed by atoms with van der Waals surface area (Å²) in [6, 6.07) is 0. The lowest BCUT2D eigenvalue weighted by Gasteiger charge is -2.13. The first-order chi connectivity index (χ1) is 8.78. The molecule has 1 heterocycles. The lowest BCUT2D eigenvalue weighted by atomic mass is 10.0. The van der Waals surface area contributed by atoms with Crippen molar-refractivity contribution in [3.63, 3.8) is 0 Å². The number of aryl methyl sites for hydroxylation is 2. The average Bonchev–Trinajstić information content (AvgIpc) is 3.20. The fourth-order valence-electron chi connectivity index (χ4n) is 2.43. The van der Waals surface area contributed by atoms with E-state index < -0.39 is 0 Å². The highest BCUT2D eigenvalue weighted by Gasteiger charge is 2.23. The van der Waals surface area contributed by atoms with Gasteiger partial charge in [0.25, 0.3) is 0 Å². The van der Waals surface area contributed by atoms with E-state index in [9.17, 15) is 0 Å². The third-order valence-electron chi connectivity index (χ3n) is 3.69. The highest BCUT2D eigenvalue weighted by Crippen LogP contribution is 2.32. The van der Waals surface area contributed by atoms with Crippen LogP contribution in [0.2, 0.25) is 0 Å². The van der Waals surface area contributed by atoms with Gasteiger partial charge in [0, 0.05) is 17.8 Å². The molecule has 1 fully saturated rings. The van der Waals surface area contributed by atoms with Gasteiger partial charge in [-0.05, 0) is 57.2 Å². The molecule has 0 aromatic carbocycles. The largest absolute Gasteiger partial charge is 0.319 e. The van der Waals surface area contributed by atoms with Crippen molar-refractivity contribution in [2.24, 2.45) is 5.92 Å². The predicted octanol–water partition coefficient (Wildman–Crippen LogP) is 2.32. The maximum atomic E-state index is 4.79. The Balaban J connectivity index is 2.24. The summed E-state index contributed by atoms with van der Waals surface area (Å²) >= 11 is 0. The molecule has 1 aliphatic rings. The van der Waals surface area contributed by atoms with Crippen LogP contribution in [0.4, 0.5) is 0 Å². The average molecular weight is 247 g/mol. The van der Waals surface area contributed by atoms with Crippen molar-refractivity contribution in [1.82, 2.24) is 15.3 Å². The van der Waals surface area contributed by atoms with Crippen LogP contribution in [-0.2, 0) is 25.7 Å².